The largest absolute Gasteiger partial charge is 0.454 e. The molecule has 6 nitrogen and oxygen atoms in total. The van der Waals surface area contributed by atoms with Crippen LogP contribution in [0.1, 0.15) is 27.0 Å². The fourth-order valence-electron chi connectivity index (χ4n) is 4.31. The second-order valence-electron chi connectivity index (χ2n) is 7.91. The van der Waals surface area contributed by atoms with Gasteiger partial charge in [0, 0.05) is 28.3 Å². The highest BCUT2D eigenvalue weighted by Crippen LogP contribution is 2.35. The predicted molar refractivity (Wildman–Crippen MR) is 124 cm³/mol. The van der Waals surface area contributed by atoms with E-state index >= 15 is 0 Å². The predicted octanol–water partition coefficient (Wildman–Crippen LogP) is 4.69. The molecule has 0 fully saturated rings. The van der Waals surface area contributed by atoms with Gasteiger partial charge >= 0.3 is 0 Å². The summed E-state index contributed by atoms with van der Waals surface area (Å²) in [6.45, 7) is 0.299. The van der Waals surface area contributed by atoms with E-state index in [1.807, 2.05) is 60.7 Å². The molecule has 0 saturated carbocycles. The van der Waals surface area contributed by atoms with E-state index in [1.54, 1.807) is 24.4 Å². The molecule has 4 aromatic rings. The summed E-state index contributed by atoms with van der Waals surface area (Å²) in [5, 5.41) is 0.983. The molecule has 2 aliphatic rings. The number of ether oxygens (including phenoxy) is 2. The molecule has 2 amide bonds. The van der Waals surface area contributed by atoms with Crippen LogP contribution in [0.3, 0.4) is 0 Å². The zero-order chi connectivity index (χ0) is 22.4. The van der Waals surface area contributed by atoms with E-state index in [2.05, 4.69) is 4.98 Å². The summed E-state index contributed by atoms with van der Waals surface area (Å²) >= 11 is 0. The fourth-order valence-corrected chi connectivity index (χ4v) is 4.31. The average molecular weight is 434 g/mol. The van der Waals surface area contributed by atoms with Crippen molar-refractivity contribution in [2.45, 2.75) is 6.54 Å². The lowest BCUT2D eigenvalue weighted by molar-refractivity contribution is -0.123. The van der Waals surface area contributed by atoms with E-state index in [4.69, 9.17) is 9.47 Å². The van der Waals surface area contributed by atoms with Crippen LogP contribution in [0.25, 0.3) is 22.6 Å². The van der Waals surface area contributed by atoms with E-state index in [9.17, 15) is 9.59 Å². The maximum Gasteiger partial charge on any atom is 0.261 e. The Balaban J connectivity index is 1.45. The van der Waals surface area contributed by atoms with Crippen LogP contribution < -0.4 is 9.47 Å². The van der Waals surface area contributed by atoms with Crippen LogP contribution in [0.5, 0.6) is 11.5 Å². The number of carbonyl (C=O) groups is 2. The average Bonchev–Trinajstić information content (AvgIpc) is 3.32. The van der Waals surface area contributed by atoms with Crippen molar-refractivity contribution in [3.05, 3.63) is 101 Å². The van der Waals surface area contributed by atoms with E-state index in [1.165, 1.54) is 4.90 Å². The highest BCUT2D eigenvalue weighted by atomic mass is 16.7. The number of nitrogens with zero attached hydrogens (tertiary/aromatic N) is 2. The van der Waals surface area contributed by atoms with Crippen LogP contribution in [-0.4, -0.2) is 28.5 Å². The van der Waals surface area contributed by atoms with Crippen molar-refractivity contribution < 1.29 is 19.1 Å². The number of rotatable bonds is 3. The number of para-hydroxylation sites is 1. The molecule has 6 heteroatoms. The normalized spacial score (nSPS) is 15.9. The number of imide groups is 1. The van der Waals surface area contributed by atoms with Gasteiger partial charge in [-0.15, -0.1) is 0 Å². The molecule has 0 saturated heterocycles. The third kappa shape index (κ3) is 3.24. The van der Waals surface area contributed by atoms with Crippen molar-refractivity contribution in [2.24, 2.45) is 0 Å². The van der Waals surface area contributed by atoms with Gasteiger partial charge in [0.05, 0.1) is 12.1 Å². The number of pyridine rings is 1. The third-order valence-electron chi connectivity index (χ3n) is 5.91. The Morgan fingerprint density at radius 1 is 0.848 bits per heavy atom. The highest BCUT2D eigenvalue weighted by molar-refractivity contribution is 6.34. The summed E-state index contributed by atoms with van der Waals surface area (Å²) in [6.07, 6.45) is 3.56. The van der Waals surface area contributed by atoms with E-state index in [-0.39, 0.29) is 25.2 Å². The van der Waals surface area contributed by atoms with Crippen molar-refractivity contribution in [2.75, 3.05) is 6.79 Å². The van der Waals surface area contributed by atoms with E-state index < -0.39 is 0 Å². The summed E-state index contributed by atoms with van der Waals surface area (Å²) in [5.74, 6) is 0.609. The van der Waals surface area contributed by atoms with Crippen LogP contribution in [0, 0.1) is 0 Å². The van der Waals surface area contributed by atoms with Crippen LogP contribution in [0.4, 0.5) is 0 Å². The Bertz CT molecular complexity index is 1470. The van der Waals surface area contributed by atoms with Gasteiger partial charge in [0.15, 0.2) is 11.5 Å². The lowest BCUT2D eigenvalue weighted by Gasteiger charge is -2.29. The fraction of sp³-hybridized carbons (Fsp3) is 0.0741. The maximum atomic E-state index is 13.6. The minimum atomic E-state index is -0.343. The Morgan fingerprint density at radius 2 is 1.67 bits per heavy atom. The molecule has 160 valence electrons. The molecule has 33 heavy (non-hydrogen) atoms. The van der Waals surface area contributed by atoms with Gasteiger partial charge in [0.2, 0.25) is 6.79 Å². The Kier molecular flexibility index (Phi) is 4.43. The smallest absolute Gasteiger partial charge is 0.261 e. The first kappa shape index (κ1) is 19.3. The van der Waals surface area contributed by atoms with Crippen LogP contribution in [-0.2, 0) is 11.3 Å². The quantitative estimate of drug-likeness (QED) is 0.346. The monoisotopic (exact) mass is 434 g/mol. The molecule has 3 aromatic carbocycles. The first-order valence-corrected chi connectivity index (χ1v) is 10.6. The summed E-state index contributed by atoms with van der Waals surface area (Å²) < 4.78 is 10.8. The summed E-state index contributed by atoms with van der Waals surface area (Å²) in [6, 6.07) is 22.4. The Morgan fingerprint density at radius 3 is 2.58 bits per heavy atom. The van der Waals surface area contributed by atoms with Gasteiger partial charge in [-0.3, -0.25) is 19.5 Å². The number of hydrogen-bond donors (Lipinski definition) is 0. The third-order valence-corrected chi connectivity index (χ3v) is 5.91. The van der Waals surface area contributed by atoms with Crippen molar-refractivity contribution in [3.63, 3.8) is 0 Å². The minimum Gasteiger partial charge on any atom is -0.454 e. The van der Waals surface area contributed by atoms with Crippen molar-refractivity contribution >= 4 is 34.4 Å². The maximum absolute atomic E-state index is 13.6. The SMILES string of the molecule is O=C1C(=Cc2cccc3cccnc23)c2ccccc2C(=O)N1Cc1ccc2c(c1)OCO2. The topological polar surface area (TPSA) is 68.7 Å². The molecule has 0 N–H and O–H groups in total. The van der Waals surface area contributed by atoms with Crippen LogP contribution in [0.2, 0.25) is 0 Å². The second-order valence-corrected chi connectivity index (χ2v) is 7.91. The number of benzene rings is 3. The zero-order valence-electron chi connectivity index (χ0n) is 17.5. The van der Waals surface area contributed by atoms with Crippen molar-refractivity contribution in [3.8, 4) is 11.5 Å². The van der Waals surface area contributed by atoms with Gasteiger partial charge in [0.25, 0.3) is 11.8 Å². The highest BCUT2D eigenvalue weighted by Gasteiger charge is 2.35. The molecule has 0 atom stereocenters. The van der Waals surface area contributed by atoms with Gasteiger partial charge in [-0.25, -0.2) is 0 Å². The van der Waals surface area contributed by atoms with Gasteiger partial charge in [0.1, 0.15) is 0 Å². The summed E-state index contributed by atoms with van der Waals surface area (Å²) in [4.78, 5) is 32.7. The van der Waals surface area contributed by atoms with E-state index in [0.29, 0.717) is 28.2 Å². The van der Waals surface area contributed by atoms with E-state index in [0.717, 1.165) is 22.0 Å². The lowest BCUT2D eigenvalue weighted by atomic mass is 9.91. The lowest BCUT2D eigenvalue weighted by Crippen LogP contribution is -2.41. The summed E-state index contributed by atoms with van der Waals surface area (Å²) in [7, 11) is 0. The zero-order valence-corrected chi connectivity index (χ0v) is 17.5. The molecule has 0 radical (unpaired) electrons. The molecule has 1 aromatic heterocycles. The number of hydrogen-bond acceptors (Lipinski definition) is 5. The second kappa shape index (κ2) is 7.60. The molecular weight excluding hydrogens is 416 g/mol. The standard InChI is InChI=1S/C27H18N2O4/c30-26-21-9-2-1-8-20(21)22(14-19-6-3-5-18-7-4-12-28-25(18)19)27(31)29(26)15-17-10-11-23-24(13-17)33-16-32-23/h1-14H,15-16H2. The number of amides is 2. The van der Waals surface area contributed by atoms with Crippen molar-refractivity contribution in [1.29, 1.82) is 0 Å². The molecule has 0 aliphatic carbocycles. The van der Waals surface area contributed by atoms with Gasteiger partial charge in [-0.2, -0.15) is 0 Å². The minimum absolute atomic E-state index is 0.133. The molecule has 0 spiro atoms. The molecule has 2 aliphatic heterocycles. The van der Waals surface area contributed by atoms with Crippen LogP contribution in [0.15, 0.2) is 79.0 Å². The summed E-state index contributed by atoms with van der Waals surface area (Å²) in [5.41, 5.74) is 4.00. The molecule has 3 heterocycles. The molecular formula is C27H18N2O4. The number of aromatic nitrogens is 1. The Labute approximate surface area is 189 Å². The first-order chi connectivity index (χ1) is 16.2. The molecule has 0 unspecified atom stereocenters. The molecule has 0 bridgehead atoms. The first-order valence-electron chi connectivity index (χ1n) is 10.6. The van der Waals surface area contributed by atoms with Crippen molar-refractivity contribution in [1.82, 2.24) is 9.88 Å². The molecule has 6 rings (SSSR count). The van der Waals surface area contributed by atoms with Crippen LogP contribution >= 0.6 is 0 Å². The number of carbonyl (C=O) groups excluding carboxylic acids is 2. The Hall–Kier alpha value is -4.45. The van der Waals surface area contributed by atoms with Gasteiger partial charge in [-0.1, -0.05) is 48.5 Å². The van der Waals surface area contributed by atoms with Gasteiger partial charge < -0.3 is 9.47 Å². The number of fused-ring (bicyclic) bond motifs is 3. The van der Waals surface area contributed by atoms with Gasteiger partial charge in [-0.05, 0) is 41.5 Å².